The van der Waals surface area contributed by atoms with E-state index < -0.39 is 17.7 Å². The van der Waals surface area contributed by atoms with Crippen LogP contribution < -0.4 is 10.1 Å². The summed E-state index contributed by atoms with van der Waals surface area (Å²) >= 11 is 0. The fourth-order valence-corrected chi connectivity index (χ4v) is 4.23. The quantitative estimate of drug-likeness (QED) is 0.286. The molecule has 38 heavy (non-hydrogen) atoms. The number of hydrogen-bond donors (Lipinski definition) is 2. The molecule has 202 valence electrons. The molecule has 1 amide bonds. The van der Waals surface area contributed by atoms with Crippen LogP contribution in [0.1, 0.15) is 52.4 Å². The van der Waals surface area contributed by atoms with E-state index in [1.807, 2.05) is 38.1 Å². The lowest BCUT2D eigenvalue weighted by Gasteiger charge is -2.17. The predicted octanol–water partition coefficient (Wildman–Crippen LogP) is 6.84. The summed E-state index contributed by atoms with van der Waals surface area (Å²) in [4.78, 5) is 22.6. The SMILES string of the molecule is Cc1cc(OCC(C)CCc2ccc(C(=O)NCCC(=O)O)cc2)cc(C)c1-c1ccc(C(F)(F)F)cc1. The van der Waals surface area contributed by atoms with Crippen molar-refractivity contribution in [3.8, 4) is 16.9 Å². The summed E-state index contributed by atoms with van der Waals surface area (Å²) in [6.45, 7) is 6.55. The number of amides is 1. The molecule has 0 radical (unpaired) electrons. The van der Waals surface area contributed by atoms with Crippen LogP contribution in [0.2, 0.25) is 0 Å². The van der Waals surface area contributed by atoms with Crippen molar-refractivity contribution in [3.05, 3.63) is 88.5 Å². The van der Waals surface area contributed by atoms with Gasteiger partial charge in [0.2, 0.25) is 0 Å². The van der Waals surface area contributed by atoms with Gasteiger partial charge in [-0.25, -0.2) is 0 Å². The van der Waals surface area contributed by atoms with Crippen molar-refractivity contribution in [2.45, 2.75) is 46.2 Å². The highest BCUT2D eigenvalue weighted by atomic mass is 19.4. The van der Waals surface area contributed by atoms with E-state index >= 15 is 0 Å². The van der Waals surface area contributed by atoms with Gasteiger partial charge in [-0.1, -0.05) is 31.2 Å². The third-order valence-electron chi connectivity index (χ3n) is 6.31. The molecular formula is C30H32F3NO4. The second kappa shape index (κ2) is 12.6. The molecule has 0 fully saturated rings. The highest BCUT2D eigenvalue weighted by Gasteiger charge is 2.30. The first-order valence-electron chi connectivity index (χ1n) is 12.4. The molecule has 0 aliphatic heterocycles. The van der Waals surface area contributed by atoms with Crippen molar-refractivity contribution >= 4 is 11.9 Å². The maximum Gasteiger partial charge on any atom is 0.416 e. The molecule has 0 saturated heterocycles. The van der Waals surface area contributed by atoms with E-state index in [4.69, 9.17) is 9.84 Å². The molecule has 0 heterocycles. The molecule has 5 nitrogen and oxygen atoms in total. The average molecular weight is 528 g/mol. The number of ether oxygens (including phenoxy) is 1. The van der Waals surface area contributed by atoms with Gasteiger partial charge in [0.05, 0.1) is 18.6 Å². The number of hydrogen-bond acceptors (Lipinski definition) is 3. The average Bonchev–Trinajstić information content (AvgIpc) is 2.85. The van der Waals surface area contributed by atoms with Gasteiger partial charge >= 0.3 is 12.1 Å². The van der Waals surface area contributed by atoms with Gasteiger partial charge in [-0.15, -0.1) is 0 Å². The molecule has 1 unspecified atom stereocenters. The second-order valence-corrected chi connectivity index (χ2v) is 9.56. The topological polar surface area (TPSA) is 75.6 Å². The number of benzene rings is 3. The Kier molecular flexibility index (Phi) is 9.55. The molecule has 0 bridgehead atoms. The van der Waals surface area contributed by atoms with Crippen LogP contribution in [0.5, 0.6) is 5.75 Å². The Hall–Kier alpha value is -3.81. The molecule has 0 aliphatic carbocycles. The number of aryl methyl sites for hydroxylation is 3. The van der Waals surface area contributed by atoms with Gasteiger partial charge in [0.25, 0.3) is 5.91 Å². The number of aliphatic carboxylic acids is 1. The molecule has 3 aromatic carbocycles. The van der Waals surface area contributed by atoms with Crippen LogP contribution in [-0.4, -0.2) is 30.1 Å². The third kappa shape index (κ3) is 8.10. The van der Waals surface area contributed by atoms with Crippen LogP contribution in [0.3, 0.4) is 0 Å². The molecule has 3 aromatic rings. The minimum absolute atomic E-state index is 0.0876. The van der Waals surface area contributed by atoms with E-state index in [1.54, 1.807) is 12.1 Å². The second-order valence-electron chi connectivity index (χ2n) is 9.56. The minimum Gasteiger partial charge on any atom is -0.493 e. The molecule has 8 heteroatoms. The molecule has 2 N–H and O–H groups in total. The highest BCUT2D eigenvalue weighted by molar-refractivity contribution is 5.94. The van der Waals surface area contributed by atoms with Crippen molar-refractivity contribution in [1.82, 2.24) is 5.32 Å². The smallest absolute Gasteiger partial charge is 0.416 e. The Labute approximate surface area is 220 Å². The zero-order valence-electron chi connectivity index (χ0n) is 21.7. The first-order valence-corrected chi connectivity index (χ1v) is 12.4. The maximum atomic E-state index is 12.9. The largest absolute Gasteiger partial charge is 0.493 e. The van der Waals surface area contributed by atoms with Gasteiger partial charge in [0.1, 0.15) is 5.75 Å². The van der Waals surface area contributed by atoms with E-state index in [0.717, 1.165) is 58.5 Å². The monoisotopic (exact) mass is 527 g/mol. The molecule has 0 aliphatic rings. The van der Waals surface area contributed by atoms with Crippen molar-refractivity contribution in [2.75, 3.05) is 13.2 Å². The normalized spacial score (nSPS) is 12.2. The molecule has 3 rings (SSSR count). The molecule has 1 atom stereocenters. The first-order chi connectivity index (χ1) is 17.9. The highest BCUT2D eigenvalue weighted by Crippen LogP contribution is 2.34. The van der Waals surface area contributed by atoms with Crippen molar-refractivity contribution < 1.29 is 32.6 Å². The zero-order chi connectivity index (χ0) is 27.9. The summed E-state index contributed by atoms with van der Waals surface area (Å²) in [6.07, 6.45) is -2.78. The van der Waals surface area contributed by atoms with E-state index in [1.165, 1.54) is 12.1 Å². The summed E-state index contributed by atoms with van der Waals surface area (Å²) in [5, 5.41) is 11.2. The Morgan fingerprint density at radius 1 is 0.974 bits per heavy atom. The van der Waals surface area contributed by atoms with Gasteiger partial charge in [-0.2, -0.15) is 13.2 Å². The molecule has 0 spiro atoms. The zero-order valence-corrected chi connectivity index (χ0v) is 21.7. The van der Waals surface area contributed by atoms with Crippen LogP contribution in [-0.2, 0) is 17.4 Å². The lowest BCUT2D eigenvalue weighted by molar-refractivity contribution is -0.138. The van der Waals surface area contributed by atoms with E-state index in [9.17, 15) is 22.8 Å². The number of carbonyl (C=O) groups excluding carboxylic acids is 1. The first kappa shape index (κ1) is 28.8. The van der Waals surface area contributed by atoms with Gasteiger partial charge in [0.15, 0.2) is 0 Å². The summed E-state index contributed by atoms with van der Waals surface area (Å²) < 4.78 is 44.7. The number of alkyl halides is 3. The lowest BCUT2D eigenvalue weighted by atomic mass is 9.94. The summed E-state index contributed by atoms with van der Waals surface area (Å²) in [5.41, 5.74) is 4.40. The number of carboxylic acids is 1. The summed E-state index contributed by atoms with van der Waals surface area (Å²) in [6, 6.07) is 16.3. The Morgan fingerprint density at radius 3 is 2.13 bits per heavy atom. The van der Waals surface area contributed by atoms with E-state index in [2.05, 4.69) is 12.2 Å². The minimum atomic E-state index is -4.36. The van der Waals surface area contributed by atoms with Gasteiger partial charge in [-0.3, -0.25) is 9.59 Å². The van der Waals surface area contributed by atoms with E-state index in [-0.39, 0.29) is 24.8 Å². The Balaban J connectivity index is 1.51. The van der Waals surface area contributed by atoms with Crippen molar-refractivity contribution in [3.63, 3.8) is 0 Å². The van der Waals surface area contributed by atoms with Crippen LogP contribution in [0.25, 0.3) is 11.1 Å². The maximum absolute atomic E-state index is 12.9. The fourth-order valence-electron chi connectivity index (χ4n) is 4.23. The van der Waals surface area contributed by atoms with Crippen LogP contribution in [0.4, 0.5) is 13.2 Å². The molecule has 0 saturated carbocycles. The third-order valence-corrected chi connectivity index (χ3v) is 6.31. The number of halogens is 3. The van der Waals surface area contributed by atoms with Gasteiger partial charge < -0.3 is 15.2 Å². The lowest BCUT2D eigenvalue weighted by Crippen LogP contribution is -2.25. The van der Waals surface area contributed by atoms with Crippen LogP contribution in [0.15, 0.2) is 60.7 Å². The number of carbonyl (C=O) groups is 2. The van der Waals surface area contributed by atoms with E-state index in [0.29, 0.717) is 12.2 Å². The Morgan fingerprint density at radius 2 is 1.58 bits per heavy atom. The Bertz CT molecular complexity index is 1230. The molecular weight excluding hydrogens is 495 g/mol. The predicted molar refractivity (Wildman–Crippen MR) is 140 cm³/mol. The van der Waals surface area contributed by atoms with Gasteiger partial charge in [0, 0.05) is 12.1 Å². The molecule has 0 aromatic heterocycles. The summed E-state index contributed by atoms with van der Waals surface area (Å²) in [5.74, 6) is -0.265. The number of nitrogens with one attached hydrogen (secondary N) is 1. The summed E-state index contributed by atoms with van der Waals surface area (Å²) in [7, 11) is 0. The van der Waals surface area contributed by atoms with Crippen LogP contribution in [0, 0.1) is 19.8 Å². The standard InChI is InChI=1S/C30H32F3NO4/c1-19(4-5-22-6-8-24(9-7-22)29(37)34-15-14-27(35)36)18-38-26-16-20(2)28(21(3)17-26)23-10-12-25(13-11-23)30(31,32)33/h6-13,16-17,19H,4-5,14-15,18H2,1-3H3,(H,34,37)(H,35,36). The number of rotatable bonds is 11. The number of carboxylic acid groups (broad SMARTS) is 1. The fraction of sp³-hybridized carbons (Fsp3) is 0.333. The van der Waals surface area contributed by atoms with Crippen molar-refractivity contribution in [2.24, 2.45) is 5.92 Å². The van der Waals surface area contributed by atoms with Crippen LogP contribution >= 0.6 is 0 Å². The van der Waals surface area contributed by atoms with Gasteiger partial charge in [-0.05, 0) is 96.8 Å². The van der Waals surface area contributed by atoms with Crippen molar-refractivity contribution in [1.29, 1.82) is 0 Å².